The van der Waals surface area contributed by atoms with E-state index in [2.05, 4.69) is 60.9 Å². The highest BCUT2D eigenvalue weighted by Crippen LogP contribution is 2.38. The molecule has 0 aliphatic heterocycles. The van der Waals surface area contributed by atoms with Crippen LogP contribution in [0, 0.1) is 0 Å². The monoisotopic (exact) mass is 767 g/mol. The van der Waals surface area contributed by atoms with E-state index in [-0.39, 0.29) is 32.6 Å². The van der Waals surface area contributed by atoms with Crippen molar-refractivity contribution in [2.45, 2.75) is 187 Å². The molecule has 0 radical (unpaired) electrons. The Hall–Kier alpha value is -2.03. The van der Waals surface area contributed by atoms with E-state index >= 15 is 0 Å². The molecule has 0 aromatic heterocycles. The van der Waals surface area contributed by atoms with Crippen LogP contribution in [0.5, 0.6) is 0 Å². The molecule has 0 heterocycles. The molecule has 0 aliphatic carbocycles. The Bertz CT molecular complexity index is 1010. The Balaban J connectivity index is 4.26. The van der Waals surface area contributed by atoms with E-state index in [0.717, 1.165) is 38.5 Å². The topological polar surface area (TPSA) is 137 Å². The summed E-state index contributed by atoms with van der Waals surface area (Å²) in [7, 11) is -4.64. The number of allylic oxidation sites excluding steroid dienone is 8. The van der Waals surface area contributed by atoms with Gasteiger partial charge in [-0.25, -0.2) is 0 Å². The van der Waals surface area contributed by atoms with Crippen LogP contribution in [0.15, 0.2) is 48.6 Å². The van der Waals surface area contributed by atoms with Crippen LogP contribution in [0.2, 0.25) is 0 Å². The van der Waals surface area contributed by atoms with E-state index in [9.17, 15) is 19.0 Å². The molecule has 0 aliphatic rings. The zero-order valence-electron chi connectivity index (χ0n) is 33.7. The number of phosphoric acid groups is 1. The van der Waals surface area contributed by atoms with Gasteiger partial charge in [0.2, 0.25) is 0 Å². The summed E-state index contributed by atoms with van der Waals surface area (Å²) < 4.78 is 32.3. The second kappa shape index (κ2) is 39.7. The van der Waals surface area contributed by atoms with E-state index in [1.165, 1.54) is 103 Å². The number of carbonyl (C=O) groups is 2. The molecule has 2 N–H and O–H groups in total. The molecule has 0 rings (SSSR count). The van der Waals surface area contributed by atoms with Crippen molar-refractivity contribution >= 4 is 19.8 Å². The van der Waals surface area contributed by atoms with Gasteiger partial charge < -0.3 is 29.1 Å². The smallest absolute Gasteiger partial charge is 0.306 e. The fraction of sp³-hybridized carbons (Fsp3) is 0.767. The molecule has 0 amide bonds. The van der Waals surface area contributed by atoms with Crippen LogP contribution < -0.4 is 10.6 Å². The fourth-order valence-electron chi connectivity index (χ4n) is 5.56. The number of hydrogen-bond donors (Lipinski definition) is 1. The second-order valence-corrected chi connectivity index (χ2v) is 15.3. The van der Waals surface area contributed by atoms with Crippen molar-refractivity contribution in [3.8, 4) is 0 Å². The lowest BCUT2D eigenvalue weighted by Crippen LogP contribution is -2.30. The van der Waals surface area contributed by atoms with Crippen molar-refractivity contribution in [3.05, 3.63) is 48.6 Å². The number of ether oxygens (including phenoxy) is 2. The molecule has 0 saturated carbocycles. The van der Waals surface area contributed by atoms with E-state index in [4.69, 9.17) is 19.7 Å². The van der Waals surface area contributed by atoms with E-state index in [1.807, 2.05) is 6.08 Å². The van der Waals surface area contributed by atoms with Gasteiger partial charge in [0.1, 0.15) is 6.61 Å². The third-order valence-corrected chi connectivity index (χ3v) is 9.67. The number of rotatable bonds is 39. The number of carbonyl (C=O) groups excluding carboxylic acids is 2. The first-order chi connectivity index (χ1) is 25.8. The Labute approximate surface area is 324 Å². The van der Waals surface area contributed by atoms with Gasteiger partial charge in [-0.2, -0.15) is 0 Å². The molecule has 0 spiro atoms. The average molecular weight is 767 g/mol. The molecule has 1 unspecified atom stereocenters. The lowest BCUT2D eigenvalue weighted by atomic mass is 10.0. The highest BCUT2D eigenvalue weighted by atomic mass is 31.2. The molecule has 308 valence electrons. The number of phosphoric ester groups is 1. The summed E-state index contributed by atoms with van der Waals surface area (Å²) in [6.45, 7) is 3.45. The Kier molecular flexibility index (Phi) is 38.1. The molecule has 0 saturated heterocycles. The predicted octanol–water partition coefficient (Wildman–Crippen LogP) is 11.3. The summed E-state index contributed by atoms with van der Waals surface area (Å²) in [5.74, 6) is -0.928. The third-order valence-electron chi connectivity index (χ3n) is 8.71. The maximum absolute atomic E-state index is 12.5. The van der Waals surface area contributed by atoms with Gasteiger partial charge in [0.05, 0.1) is 13.2 Å². The molecule has 9 nitrogen and oxygen atoms in total. The minimum atomic E-state index is -4.64. The van der Waals surface area contributed by atoms with Gasteiger partial charge in [-0.15, -0.1) is 0 Å². The number of esters is 2. The van der Waals surface area contributed by atoms with Gasteiger partial charge in [0.15, 0.2) is 6.10 Å². The van der Waals surface area contributed by atoms with E-state index in [1.54, 1.807) is 0 Å². The van der Waals surface area contributed by atoms with Crippen LogP contribution in [0.3, 0.4) is 0 Å². The van der Waals surface area contributed by atoms with Gasteiger partial charge in [-0.05, 0) is 51.4 Å². The molecule has 0 aromatic rings. The maximum atomic E-state index is 12.5. The maximum Gasteiger partial charge on any atom is 0.306 e. The first kappa shape index (κ1) is 51.0. The second-order valence-electron chi connectivity index (χ2n) is 13.8. The summed E-state index contributed by atoms with van der Waals surface area (Å²) in [6.07, 6.45) is 44.1. The number of hydrogen-bond acceptors (Lipinski definition) is 9. The van der Waals surface area contributed by atoms with Crippen LogP contribution in [0.25, 0.3) is 0 Å². The van der Waals surface area contributed by atoms with Crippen LogP contribution >= 0.6 is 7.82 Å². The third kappa shape index (κ3) is 39.5. The summed E-state index contributed by atoms with van der Waals surface area (Å²) in [4.78, 5) is 36.9. The Morgan fingerprint density at radius 2 is 1.00 bits per heavy atom. The first-order valence-electron chi connectivity index (χ1n) is 21.1. The van der Waals surface area contributed by atoms with Crippen LogP contribution in [0.4, 0.5) is 0 Å². The largest absolute Gasteiger partial charge is 0.756 e. The SMILES string of the molecule is CCCCC/C=C\C/C=C\C/C=C\C/C=C\CCCC(=O)O[C@H](COC(=O)CCCCCCCCCCCCCCCCC)COP(=O)([O-])OCCN. The van der Waals surface area contributed by atoms with Gasteiger partial charge in [0.25, 0.3) is 7.82 Å². The predicted molar refractivity (Wildman–Crippen MR) is 217 cm³/mol. The number of nitrogens with two attached hydrogens (primary N) is 1. The Morgan fingerprint density at radius 1 is 0.566 bits per heavy atom. The van der Waals surface area contributed by atoms with Crippen molar-refractivity contribution in [2.24, 2.45) is 5.73 Å². The lowest BCUT2D eigenvalue weighted by Gasteiger charge is -2.25. The highest BCUT2D eigenvalue weighted by Gasteiger charge is 2.20. The minimum absolute atomic E-state index is 0.00433. The van der Waals surface area contributed by atoms with Crippen molar-refractivity contribution in [1.29, 1.82) is 0 Å². The minimum Gasteiger partial charge on any atom is -0.756 e. The summed E-state index contributed by atoms with van der Waals surface area (Å²) in [6, 6.07) is 0. The zero-order chi connectivity index (χ0) is 38.9. The quantitative estimate of drug-likeness (QED) is 0.0280. The molecular formula is C43H77NO8P-. The summed E-state index contributed by atoms with van der Waals surface area (Å²) in [5, 5.41) is 0. The van der Waals surface area contributed by atoms with Gasteiger partial charge in [-0.1, -0.05) is 165 Å². The van der Waals surface area contributed by atoms with Crippen molar-refractivity contribution in [3.63, 3.8) is 0 Å². The molecule has 10 heteroatoms. The van der Waals surface area contributed by atoms with Gasteiger partial charge >= 0.3 is 11.9 Å². The van der Waals surface area contributed by atoms with Crippen molar-refractivity contribution < 1.29 is 37.6 Å². The summed E-state index contributed by atoms with van der Waals surface area (Å²) >= 11 is 0. The molecule has 2 atom stereocenters. The fourth-order valence-corrected chi connectivity index (χ4v) is 6.31. The van der Waals surface area contributed by atoms with Crippen LogP contribution in [0.1, 0.15) is 181 Å². The van der Waals surface area contributed by atoms with E-state index in [0.29, 0.717) is 12.8 Å². The van der Waals surface area contributed by atoms with Crippen LogP contribution in [-0.2, 0) is 32.7 Å². The van der Waals surface area contributed by atoms with Gasteiger partial charge in [-0.3, -0.25) is 14.2 Å². The molecular weight excluding hydrogens is 689 g/mol. The van der Waals surface area contributed by atoms with E-state index < -0.39 is 32.5 Å². The molecule has 0 aromatic carbocycles. The Morgan fingerprint density at radius 3 is 1.51 bits per heavy atom. The molecule has 53 heavy (non-hydrogen) atoms. The zero-order valence-corrected chi connectivity index (χ0v) is 34.6. The van der Waals surface area contributed by atoms with Crippen molar-refractivity contribution in [1.82, 2.24) is 0 Å². The standard InChI is InChI=1S/C43H78NO8P/c1-3-5-7-9-11-13-15-17-19-20-22-24-26-28-30-32-34-36-43(46)52-41(40-51-53(47,48)50-38-37-44)39-49-42(45)35-33-31-29-27-25-23-21-18-16-14-12-10-8-6-4-2/h11,13,17,19,22,24,28,30,41H,3-10,12,14-16,18,20-21,23,25-27,29,31-40,44H2,1-2H3,(H,47,48)/p-1/b13-11-,19-17-,24-22-,30-28-/t41-/m1/s1. The number of unbranched alkanes of at least 4 members (excludes halogenated alkanes) is 18. The van der Waals surface area contributed by atoms with Gasteiger partial charge in [0, 0.05) is 19.4 Å². The van der Waals surface area contributed by atoms with Crippen molar-refractivity contribution in [2.75, 3.05) is 26.4 Å². The lowest BCUT2D eigenvalue weighted by molar-refractivity contribution is -0.228. The highest BCUT2D eigenvalue weighted by molar-refractivity contribution is 7.45. The first-order valence-corrected chi connectivity index (χ1v) is 22.6. The molecule has 0 bridgehead atoms. The normalized spacial score (nSPS) is 13.8. The van der Waals surface area contributed by atoms with Crippen LogP contribution in [-0.4, -0.2) is 44.4 Å². The average Bonchev–Trinajstić information content (AvgIpc) is 3.14. The summed E-state index contributed by atoms with van der Waals surface area (Å²) in [5.41, 5.74) is 5.31. The molecule has 0 fully saturated rings.